The summed E-state index contributed by atoms with van der Waals surface area (Å²) in [5, 5.41) is 5.39. The van der Waals surface area contributed by atoms with Crippen molar-refractivity contribution in [1.29, 1.82) is 0 Å². The highest BCUT2D eigenvalue weighted by Crippen LogP contribution is 2.33. The number of hydrogen-bond acceptors (Lipinski definition) is 5. The van der Waals surface area contributed by atoms with Crippen molar-refractivity contribution in [1.82, 2.24) is 19.7 Å². The molecule has 0 saturated carbocycles. The van der Waals surface area contributed by atoms with Gasteiger partial charge in [0.25, 0.3) is 0 Å². The largest absolute Gasteiger partial charge is 0.444 e. The standard InChI is InChI=1S/C31H36N4O3/c1-21-15-27(24-8-6-7-23(17-24)25-18-32-34(5)20-25)28-16-22(9-10-29(28)33-21)19-35(26-11-13-37-14-12-26)30(36)38-31(2,3)4/h6-10,15-18,20,26H,11-14,19H2,1-5H3. The van der Waals surface area contributed by atoms with Crippen molar-refractivity contribution >= 4 is 17.0 Å². The molecule has 1 aliphatic heterocycles. The summed E-state index contributed by atoms with van der Waals surface area (Å²) in [6, 6.07) is 17.0. The van der Waals surface area contributed by atoms with Gasteiger partial charge in [-0.05, 0) is 87.1 Å². The Bertz CT molecular complexity index is 1450. The average Bonchev–Trinajstić information content (AvgIpc) is 3.32. The number of amides is 1. The number of benzene rings is 2. The van der Waals surface area contributed by atoms with Gasteiger partial charge in [0.15, 0.2) is 0 Å². The molecule has 0 aliphatic carbocycles. The van der Waals surface area contributed by atoms with Crippen LogP contribution >= 0.6 is 0 Å². The summed E-state index contributed by atoms with van der Waals surface area (Å²) in [6.07, 6.45) is 5.24. The van der Waals surface area contributed by atoms with Gasteiger partial charge in [-0.3, -0.25) is 9.67 Å². The summed E-state index contributed by atoms with van der Waals surface area (Å²) < 4.78 is 13.2. The van der Waals surface area contributed by atoms with Crippen molar-refractivity contribution < 1.29 is 14.3 Å². The van der Waals surface area contributed by atoms with E-state index in [2.05, 4.69) is 53.6 Å². The lowest BCUT2D eigenvalue weighted by Gasteiger charge is -2.35. The van der Waals surface area contributed by atoms with E-state index in [0.717, 1.165) is 57.3 Å². The van der Waals surface area contributed by atoms with Crippen LogP contribution in [-0.4, -0.2) is 50.6 Å². The van der Waals surface area contributed by atoms with Gasteiger partial charge in [0.05, 0.1) is 11.7 Å². The van der Waals surface area contributed by atoms with Gasteiger partial charge >= 0.3 is 6.09 Å². The molecule has 0 spiro atoms. The van der Waals surface area contributed by atoms with Crippen LogP contribution in [0.15, 0.2) is 60.9 Å². The molecule has 1 aliphatic rings. The molecule has 1 fully saturated rings. The number of ether oxygens (including phenoxy) is 2. The zero-order valence-corrected chi connectivity index (χ0v) is 22.9. The highest BCUT2D eigenvalue weighted by Gasteiger charge is 2.30. The molecular formula is C31H36N4O3. The maximum Gasteiger partial charge on any atom is 0.410 e. The van der Waals surface area contributed by atoms with Crippen molar-refractivity contribution in [3.05, 3.63) is 72.2 Å². The number of aromatic nitrogens is 3. The van der Waals surface area contributed by atoms with E-state index >= 15 is 0 Å². The summed E-state index contributed by atoms with van der Waals surface area (Å²) in [5.74, 6) is 0. The molecule has 0 unspecified atom stereocenters. The third kappa shape index (κ3) is 5.89. The number of pyridine rings is 1. The monoisotopic (exact) mass is 512 g/mol. The first-order chi connectivity index (χ1) is 18.2. The number of fused-ring (bicyclic) bond motifs is 1. The molecule has 198 valence electrons. The fourth-order valence-electron chi connectivity index (χ4n) is 5.04. The van der Waals surface area contributed by atoms with Gasteiger partial charge in [-0.1, -0.05) is 24.3 Å². The molecule has 5 rings (SSSR count). The Kier molecular flexibility index (Phi) is 7.21. The van der Waals surface area contributed by atoms with Crippen molar-refractivity contribution in [2.24, 2.45) is 7.05 Å². The second-order valence-corrected chi connectivity index (χ2v) is 11.1. The highest BCUT2D eigenvalue weighted by molar-refractivity contribution is 5.96. The molecule has 1 amide bonds. The lowest BCUT2D eigenvalue weighted by atomic mass is 9.96. The first-order valence-electron chi connectivity index (χ1n) is 13.2. The normalized spacial score (nSPS) is 14.6. The van der Waals surface area contributed by atoms with Gasteiger partial charge in [0, 0.05) is 55.7 Å². The minimum Gasteiger partial charge on any atom is -0.444 e. The summed E-state index contributed by atoms with van der Waals surface area (Å²) in [7, 11) is 1.93. The molecule has 7 heteroatoms. The second kappa shape index (κ2) is 10.6. The van der Waals surface area contributed by atoms with Crippen LogP contribution in [0.25, 0.3) is 33.2 Å². The molecule has 0 bridgehead atoms. The SMILES string of the molecule is Cc1cc(-c2cccc(-c3cnn(C)c3)c2)c2cc(CN(C(=O)OC(C)(C)C)C3CCOCC3)ccc2n1. The van der Waals surface area contributed by atoms with Gasteiger partial charge in [-0.15, -0.1) is 0 Å². The zero-order chi connectivity index (χ0) is 26.9. The number of carbonyl (C=O) groups excluding carboxylic acids is 1. The summed E-state index contributed by atoms with van der Waals surface area (Å²) in [6.45, 7) is 9.52. The molecule has 1 saturated heterocycles. The summed E-state index contributed by atoms with van der Waals surface area (Å²) in [5.41, 5.74) is 6.82. The fourth-order valence-corrected chi connectivity index (χ4v) is 5.04. The Morgan fingerprint density at radius 2 is 1.84 bits per heavy atom. The molecule has 4 aromatic rings. The first kappa shape index (κ1) is 25.9. The van der Waals surface area contributed by atoms with Crippen LogP contribution in [0.4, 0.5) is 4.79 Å². The van der Waals surface area contributed by atoms with E-state index in [4.69, 9.17) is 14.5 Å². The topological polar surface area (TPSA) is 69.5 Å². The van der Waals surface area contributed by atoms with Gasteiger partial charge < -0.3 is 14.4 Å². The Balaban J connectivity index is 1.52. The first-order valence-corrected chi connectivity index (χ1v) is 13.2. The Labute approximate surface area is 224 Å². The zero-order valence-electron chi connectivity index (χ0n) is 22.9. The molecule has 2 aromatic carbocycles. The molecule has 7 nitrogen and oxygen atoms in total. The quantitative estimate of drug-likeness (QED) is 0.304. The minimum absolute atomic E-state index is 0.0843. The second-order valence-electron chi connectivity index (χ2n) is 11.1. The van der Waals surface area contributed by atoms with Crippen molar-refractivity contribution in [3.8, 4) is 22.3 Å². The summed E-state index contributed by atoms with van der Waals surface area (Å²) in [4.78, 5) is 20.0. The Morgan fingerprint density at radius 3 is 2.55 bits per heavy atom. The maximum atomic E-state index is 13.3. The van der Waals surface area contributed by atoms with E-state index in [1.165, 1.54) is 0 Å². The van der Waals surface area contributed by atoms with Crippen LogP contribution in [0.3, 0.4) is 0 Å². The van der Waals surface area contributed by atoms with Crippen molar-refractivity contribution in [3.63, 3.8) is 0 Å². The number of nitrogens with zero attached hydrogens (tertiary/aromatic N) is 4. The number of rotatable bonds is 5. The smallest absolute Gasteiger partial charge is 0.410 e. The van der Waals surface area contributed by atoms with E-state index in [0.29, 0.717) is 19.8 Å². The lowest BCUT2D eigenvalue weighted by Crippen LogP contribution is -2.45. The minimum atomic E-state index is -0.558. The van der Waals surface area contributed by atoms with Gasteiger partial charge in [-0.25, -0.2) is 4.79 Å². The molecule has 0 radical (unpaired) electrons. The van der Waals surface area contributed by atoms with Crippen LogP contribution in [0.2, 0.25) is 0 Å². The molecule has 0 N–H and O–H groups in total. The highest BCUT2D eigenvalue weighted by atomic mass is 16.6. The summed E-state index contributed by atoms with van der Waals surface area (Å²) >= 11 is 0. The fraction of sp³-hybridized carbons (Fsp3) is 0.387. The van der Waals surface area contributed by atoms with E-state index in [9.17, 15) is 4.79 Å². The van der Waals surface area contributed by atoms with E-state index in [-0.39, 0.29) is 12.1 Å². The maximum absolute atomic E-state index is 13.3. The van der Waals surface area contributed by atoms with E-state index < -0.39 is 5.60 Å². The van der Waals surface area contributed by atoms with Crippen LogP contribution in [-0.2, 0) is 23.1 Å². The molecule has 38 heavy (non-hydrogen) atoms. The predicted molar refractivity (Wildman–Crippen MR) is 150 cm³/mol. The Hall–Kier alpha value is -3.71. The van der Waals surface area contributed by atoms with Crippen LogP contribution in [0, 0.1) is 6.92 Å². The van der Waals surface area contributed by atoms with E-state index in [1.54, 1.807) is 0 Å². The van der Waals surface area contributed by atoms with E-state index in [1.807, 2.05) is 56.7 Å². The van der Waals surface area contributed by atoms with Gasteiger partial charge in [-0.2, -0.15) is 5.10 Å². The lowest BCUT2D eigenvalue weighted by molar-refractivity contribution is -0.00807. The van der Waals surface area contributed by atoms with Crippen LogP contribution in [0.5, 0.6) is 0 Å². The third-order valence-electron chi connectivity index (χ3n) is 6.83. The third-order valence-corrected chi connectivity index (χ3v) is 6.83. The number of carbonyl (C=O) groups is 1. The number of aryl methyl sites for hydroxylation is 2. The number of hydrogen-bond donors (Lipinski definition) is 0. The van der Waals surface area contributed by atoms with Crippen molar-refractivity contribution in [2.75, 3.05) is 13.2 Å². The predicted octanol–water partition coefficient (Wildman–Crippen LogP) is 6.53. The molecule has 0 atom stereocenters. The van der Waals surface area contributed by atoms with Gasteiger partial charge in [0.1, 0.15) is 5.60 Å². The van der Waals surface area contributed by atoms with Crippen molar-refractivity contribution in [2.45, 2.75) is 58.7 Å². The molecular weight excluding hydrogens is 476 g/mol. The van der Waals surface area contributed by atoms with Crippen LogP contribution in [0.1, 0.15) is 44.9 Å². The van der Waals surface area contributed by atoms with Crippen LogP contribution < -0.4 is 0 Å². The molecule has 2 aromatic heterocycles. The van der Waals surface area contributed by atoms with Gasteiger partial charge in [0.2, 0.25) is 0 Å². The molecule has 3 heterocycles. The Morgan fingerprint density at radius 1 is 1.08 bits per heavy atom. The average molecular weight is 513 g/mol.